The van der Waals surface area contributed by atoms with E-state index < -0.39 is 0 Å². The van der Waals surface area contributed by atoms with Gasteiger partial charge in [0.2, 0.25) is 11.8 Å². The Bertz CT molecular complexity index is 603. The summed E-state index contributed by atoms with van der Waals surface area (Å²) in [5.41, 5.74) is 0. The molecular formula is C16H20N2O2S2. The van der Waals surface area contributed by atoms with Crippen molar-refractivity contribution in [1.29, 1.82) is 0 Å². The van der Waals surface area contributed by atoms with Crippen molar-refractivity contribution in [3.8, 4) is 0 Å². The van der Waals surface area contributed by atoms with E-state index in [9.17, 15) is 9.59 Å². The lowest BCUT2D eigenvalue weighted by Crippen LogP contribution is -2.51. The van der Waals surface area contributed by atoms with E-state index in [1.807, 2.05) is 15.9 Å². The molecule has 22 heavy (non-hydrogen) atoms. The average Bonchev–Trinajstić information content (AvgIpc) is 3.23. The van der Waals surface area contributed by atoms with E-state index in [2.05, 4.69) is 18.4 Å². The first-order valence-electron chi connectivity index (χ1n) is 7.90. The first-order chi connectivity index (χ1) is 10.6. The van der Waals surface area contributed by atoms with Crippen LogP contribution in [0.2, 0.25) is 0 Å². The van der Waals surface area contributed by atoms with Gasteiger partial charge in [-0.05, 0) is 37.6 Å². The fourth-order valence-electron chi connectivity index (χ4n) is 4.00. The summed E-state index contributed by atoms with van der Waals surface area (Å²) in [5.74, 6) is 1.05. The summed E-state index contributed by atoms with van der Waals surface area (Å²) in [6.45, 7) is 2.93. The van der Waals surface area contributed by atoms with Crippen LogP contribution in [0.5, 0.6) is 0 Å². The maximum atomic E-state index is 13.1. The molecule has 3 aliphatic heterocycles. The normalized spacial score (nSPS) is 34.5. The van der Waals surface area contributed by atoms with Crippen LogP contribution in [0.1, 0.15) is 43.5 Å². The zero-order valence-corrected chi connectivity index (χ0v) is 14.3. The maximum Gasteiger partial charge on any atom is 0.246 e. The Hall–Kier alpha value is -1.01. The van der Waals surface area contributed by atoms with Gasteiger partial charge in [-0.25, -0.2) is 0 Å². The van der Waals surface area contributed by atoms with Gasteiger partial charge in [-0.2, -0.15) is 0 Å². The highest BCUT2D eigenvalue weighted by Gasteiger charge is 2.54. The number of hydrogen-bond donors (Lipinski definition) is 0. The molecule has 3 atom stereocenters. The highest BCUT2D eigenvalue weighted by atomic mass is 32.2. The van der Waals surface area contributed by atoms with Crippen LogP contribution in [0.4, 0.5) is 0 Å². The van der Waals surface area contributed by atoms with E-state index >= 15 is 0 Å². The molecule has 4 rings (SSSR count). The van der Waals surface area contributed by atoms with Crippen molar-refractivity contribution in [2.45, 2.75) is 49.6 Å². The second-order valence-corrected chi connectivity index (χ2v) is 8.95. The van der Waals surface area contributed by atoms with Crippen LogP contribution in [0.15, 0.2) is 17.5 Å². The largest absolute Gasteiger partial charge is 0.333 e. The molecule has 118 valence electrons. The molecule has 1 aromatic rings. The Morgan fingerprint density at radius 3 is 3.09 bits per heavy atom. The predicted molar refractivity (Wildman–Crippen MR) is 88.7 cm³/mol. The maximum absolute atomic E-state index is 13.1. The fraction of sp³-hybridized carbons (Fsp3) is 0.625. The Morgan fingerprint density at radius 1 is 1.45 bits per heavy atom. The molecule has 1 aromatic heterocycles. The average molecular weight is 336 g/mol. The smallest absolute Gasteiger partial charge is 0.246 e. The van der Waals surface area contributed by atoms with E-state index in [0.717, 1.165) is 31.6 Å². The summed E-state index contributed by atoms with van der Waals surface area (Å²) in [4.78, 5) is 30.4. The quantitative estimate of drug-likeness (QED) is 0.834. The number of thiophene rings is 1. The molecule has 0 radical (unpaired) electrons. The number of carbonyl (C=O) groups is 2. The van der Waals surface area contributed by atoms with Gasteiger partial charge in [-0.1, -0.05) is 6.07 Å². The first-order valence-corrected chi connectivity index (χ1v) is 9.77. The number of nitrogens with zero attached hydrogens (tertiary/aromatic N) is 2. The molecule has 0 N–H and O–H groups in total. The van der Waals surface area contributed by atoms with Crippen molar-refractivity contribution in [1.82, 2.24) is 9.80 Å². The van der Waals surface area contributed by atoms with Crippen LogP contribution in [0.3, 0.4) is 0 Å². The van der Waals surface area contributed by atoms with Gasteiger partial charge in [0.05, 0.1) is 10.9 Å². The number of hydrogen-bond acceptors (Lipinski definition) is 4. The summed E-state index contributed by atoms with van der Waals surface area (Å²) < 4.78 is 0. The minimum atomic E-state index is -0.259. The van der Waals surface area contributed by atoms with E-state index in [1.54, 1.807) is 23.1 Å². The third kappa shape index (κ3) is 2.11. The van der Waals surface area contributed by atoms with E-state index in [0.29, 0.717) is 6.42 Å². The predicted octanol–water partition coefficient (Wildman–Crippen LogP) is 2.87. The van der Waals surface area contributed by atoms with Gasteiger partial charge >= 0.3 is 0 Å². The fourth-order valence-corrected chi connectivity index (χ4v) is 6.30. The van der Waals surface area contributed by atoms with Crippen molar-refractivity contribution in [2.24, 2.45) is 0 Å². The Kier molecular flexibility index (Phi) is 3.49. The van der Waals surface area contributed by atoms with Crippen molar-refractivity contribution in [2.75, 3.05) is 12.3 Å². The van der Waals surface area contributed by atoms with Gasteiger partial charge in [0, 0.05) is 23.6 Å². The van der Waals surface area contributed by atoms with Crippen molar-refractivity contribution >= 4 is 34.9 Å². The Balaban J connectivity index is 1.58. The van der Waals surface area contributed by atoms with Crippen LogP contribution in [0.25, 0.3) is 0 Å². The van der Waals surface area contributed by atoms with Crippen LogP contribution >= 0.6 is 23.1 Å². The molecule has 0 aliphatic carbocycles. The second-order valence-electron chi connectivity index (χ2n) is 6.47. The highest BCUT2D eigenvalue weighted by molar-refractivity contribution is 8.01. The lowest BCUT2D eigenvalue weighted by atomic mass is 10.1. The van der Waals surface area contributed by atoms with Gasteiger partial charge < -0.3 is 9.80 Å². The zero-order valence-electron chi connectivity index (χ0n) is 12.7. The highest BCUT2D eigenvalue weighted by Crippen LogP contribution is 2.48. The Labute approximate surface area is 138 Å². The Morgan fingerprint density at radius 2 is 2.32 bits per heavy atom. The molecule has 0 spiro atoms. The summed E-state index contributed by atoms with van der Waals surface area (Å²) >= 11 is 3.50. The molecule has 4 heterocycles. The number of carbonyl (C=O) groups excluding carboxylic acids is 2. The van der Waals surface area contributed by atoms with Crippen molar-refractivity contribution in [3.63, 3.8) is 0 Å². The van der Waals surface area contributed by atoms with Crippen molar-refractivity contribution < 1.29 is 9.59 Å². The van der Waals surface area contributed by atoms with Gasteiger partial charge in [0.1, 0.15) is 6.04 Å². The summed E-state index contributed by atoms with van der Waals surface area (Å²) in [7, 11) is 0. The zero-order chi connectivity index (χ0) is 15.3. The SMILES string of the molecule is C[C@]12CCC(=O)N1[C@H](C(=O)N1CCC[C@H]1c1cccs1)CS2. The summed E-state index contributed by atoms with van der Waals surface area (Å²) in [6, 6.07) is 4.12. The van der Waals surface area contributed by atoms with E-state index in [-0.39, 0.29) is 28.8 Å². The molecular weight excluding hydrogens is 316 g/mol. The molecule has 4 nitrogen and oxygen atoms in total. The van der Waals surface area contributed by atoms with Gasteiger partial charge in [-0.3, -0.25) is 9.59 Å². The molecule has 2 amide bonds. The van der Waals surface area contributed by atoms with Gasteiger partial charge in [-0.15, -0.1) is 23.1 Å². The molecule has 0 saturated carbocycles. The number of fused-ring (bicyclic) bond motifs is 1. The number of amides is 2. The van der Waals surface area contributed by atoms with Crippen LogP contribution in [-0.4, -0.2) is 44.8 Å². The van der Waals surface area contributed by atoms with Crippen molar-refractivity contribution in [3.05, 3.63) is 22.4 Å². The minimum Gasteiger partial charge on any atom is -0.333 e. The lowest BCUT2D eigenvalue weighted by molar-refractivity contribution is -0.144. The molecule has 3 fully saturated rings. The summed E-state index contributed by atoms with van der Waals surface area (Å²) in [5, 5.41) is 2.07. The van der Waals surface area contributed by atoms with Gasteiger partial charge in [0.25, 0.3) is 0 Å². The first kappa shape index (κ1) is 14.6. The molecule has 0 aromatic carbocycles. The number of thioether (sulfide) groups is 1. The number of likely N-dealkylation sites (tertiary alicyclic amines) is 1. The molecule has 6 heteroatoms. The third-order valence-corrected chi connectivity index (χ3v) is 7.62. The monoisotopic (exact) mass is 336 g/mol. The molecule has 3 aliphatic rings. The van der Waals surface area contributed by atoms with E-state index in [4.69, 9.17) is 0 Å². The van der Waals surface area contributed by atoms with E-state index in [1.165, 1.54) is 4.88 Å². The lowest BCUT2D eigenvalue weighted by Gasteiger charge is -2.33. The molecule has 0 unspecified atom stereocenters. The second kappa shape index (κ2) is 5.27. The molecule has 3 saturated heterocycles. The van der Waals surface area contributed by atoms with Crippen LogP contribution in [-0.2, 0) is 9.59 Å². The number of rotatable bonds is 2. The topological polar surface area (TPSA) is 40.6 Å². The van der Waals surface area contributed by atoms with Crippen LogP contribution in [0, 0.1) is 0 Å². The minimum absolute atomic E-state index is 0.151. The standard InChI is InChI=1S/C16H20N2O2S2/c1-16-7-6-14(19)18(16)12(10-22-16)15(20)17-8-2-4-11(17)13-5-3-9-21-13/h3,5,9,11-12H,2,4,6-8,10H2,1H3/t11-,12-,16-/m0/s1. The van der Waals surface area contributed by atoms with Gasteiger partial charge in [0.15, 0.2) is 0 Å². The summed E-state index contributed by atoms with van der Waals surface area (Å²) in [6.07, 6.45) is 3.55. The van der Waals surface area contributed by atoms with Crippen LogP contribution < -0.4 is 0 Å². The molecule has 0 bridgehead atoms. The third-order valence-electron chi connectivity index (χ3n) is 5.14.